The largest absolute Gasteiger partial charge is 0.491 e. The third kappa shape index (κ3) is 8.17. The number of aromatic nitrogens is 4. The lowest BCUT2D eigenvalue weighted by Gasteiger charge is -2.25. The fraction of sp³-hybridized carbons (Fsp3) is 0.421. The molecular formula is C38H46FN5O5. The molecule has 49 heavy (non-hydrogen) atoms. The van der Waals surface area contributed by atoms with Crippen molar-refractivity contribution in [3.05, 3.63) is 83.8 Å². The number of nitrogens with zero attached hydrogens (tertiary/aromatic N) is 5. The summed E-state index contributed by atoms with van der Waals surface area (Å²) >= 11 is 0. The summed E-state index contributed by atoms with van der Waals surface area (Å²) < 4.78 is 35.0. The number of rotatable bonds is 10. The number of hydrogen-bond donors (Lipinski definition) is 1. The Balaban J connectivity index is 1.64. The fourth-order valence-corrected chi connectivity index (χ4v) is 6.25. The van der Waals surface area contributed by atoms with E-state index < -0.39 is 17.7 Å². The normalized spacial score (nSPS) is 18.9. The van der Waals surface area contributed by atoms with Gasteiger partial charge in [-0.2, -0.15) is 5.10 Å². The van der Waals surface area contributed by atoms with E-state index in [2.05, 4.69) is 16.7 Å². The van der Waals surface area contributed by atoms with Gasteiger partial charge in [0.05, 0.1) is 35.8 Å². The number of hydrogen-bond acceptors (Lipinski definition) is 7. The molecule has 10 nitrogen and oxygen atoms in total. The molecule has 5 rings (SSSR count). The SMILES string of the molecule is C=C(C(=C[C@H](OC(C)(C)C)C(=O)O)c1cc(-c2ccnc(-c3cnn(C4CCOCC4)c3)c2)n(C)c1N=CC)C(C)=C1CCCOC1=CF. The molecule has 0 aromatic carbocycles. The van der Waals surface area contributed by atoms with Gasteiger partial charge in [0.25, 0.3) is 0 Å². The predicted octanol–water partition coefficient (Wildman–Crippen LogP) is 8.17. The molecule has 2 aliphatic heterocycles. The summed E-state index contributed by atoms with van der Waals surface area (Å²) in [6, 6.07) is 6.20. The lowest BCUT2D eigenvalue weighted by atomic mass is 9.88. The Labute approximate surface area is 287 Å². The average Bonchev–Trinajstić information content (AvgIpc) is 3.71. The van der Waals surface area contributed by atoms with Crippen LogP contribution in [0.15, 0.2) is 83.2 Å². The molecule has 2 fully saturated rings. The Morgan fingerprint density at radius 3 is 2.65 bits per heavy atom. The van der Waals surface area contributed by atoms with Crippen molar-refractivity contribution in [1.82, 2.24) is 19.3 Å². The highest BCUT2D eigenvalue weighted by molar-refractivity contribution is 5.93. The van der Waals surface area contributed by atoms with Crippen molar-refractivity contribution in [2.75, 3.05) is 19.8 Å². The summed E-state index contributed by atoms with van der Waals surface area (Å²) in [5.74, 6) is -0.392. The second-order valence-electron chi connectivity index (χ2n) is 13.3. The van der Waals surface area contributed by atoms with Crippen molar-refractivity contribution in [2.45, 2.75) is 78.0 Å². The summed E-state index contributed by atoms with van der Waals surface area (Å²) in [6.45, 7) is 15.4. The Morgan fingerprint density at radius 1 is 1.22 bits per heavy atom. The molecule has 0 amide bonds. The molecule has 0 aliphatic carbocycles. The Bertz CT molecular complexity index is 1820. The van der Waals surface area contributed by atoms with E-state index in [0.717, 1.165) is 55.0 Å². The van der Waals surface area contributed by atoms with Crippen molar-refractivity contribution in [1.29, 1.82) is 0 Å². The number of allylic oxidation sites excluding steroid dienone is 4. The van der Waals surface area contributed by atoms with Gasteiger partial charge < -0.3 is 23.9 Å². The number of carboxylic acid groups (broad SMARTS) is 1. The Morgan fingerprint density at radius 2 is 1.98 bits per heavy atom. The molecule has 0 saturated carbocycles. The van der Waals surface area contributed by atoms with Crippen molar-refractivity contribution >= 4 is 23.6 Å². The molecule has 3 aromatic rings. The first-order valence-corrected chi connectivity index (χ1v) is 16.6. The van der Waals surface area contributed by atoms with E-state index >= 15 is 0 Å². The van der Waals surface area contributed by atoms with Crippen LogP contribution in [0.5, 0.6) is 0 Å². The maximum absolute atomic E-state index is 13.9. The molecular weight excluding hydrogens is 625 g/mol. The van der Waals surface area contributed by atoms with E-state index in [9.17, 15) is 14.3 Å². The molecule has 0 spiro atoms. The van der Waals surface area contributed by atoms with Crippen molar-refractivity contribution in [3.8, 4) is 22.5 Å². The minimum absolute atomic E-state index is 0.162. The summed E-state index contributed by atoms with van der Waals surface area (Å²) in [5, 5.41) is 14.9. The first kappa shape index (κ1) is 35.7. The van der Waals surface area contributed by atoms with Gasteiger partial charge in [0.2, 0.25) is 0 Å². The molecule has 11 heteroatoms. The van der Waals surface area contributed by atoms with Gasteiger partial charge in [-0.3, -0.25) is 9.67 Å². The number of pyridine rings is 1. The summed E-state index contributed by atoms with van der Waals surface area (Å²) in [7, 11) is 1.91. The first-order chi connectivity index (χ1) is 23.4. The van der Waals surface area contributed by atoms with Gasteiger partial charge in [-0.15, -0.1) is 0 Å². The van der Waals surface area contributed by atoms with E-state index in [0.29, 0.717) is 59.1 Å². The van der Waals surface area contributed by atoms with Crippen LogP contribution in [0.4, 0.5) is 10.2 Å². The minimum Gasteiger partial charge on any atom is -0.491 e. The predicted molar refractivity (Wildman–Crippen MR) is 189 cm³/mol. The zero-order chi connectivity index (χ0) is 35.3. The number of aliphatic imine (C=N–C) groups is 1. The smallest absolute Gasteiger partial charge is 0.336 e. The fourth-order valence-electron chi connectivity index (χ4n) is 6.25. The Kier molecular flexibility index (Phi) is 11.1. The summed E-state index contributed by atoms with van der Waals surface area (Å²) in [5.41, 5.74) is 5.70. The van der Waals surface area contributed by atoms with Gasteiger partial charge in [-0.25, -0.2) is 14.2 Å². The highest BCUT2D eigenvalue weighted by atomic mass is 19.1. The molecule has 1 atom stereocenters. The molecule has 1 N–H and O–H groups in total. The number of halogens is 1. The molecule has 5 heterocycles. The van der Waals surface area contributed by atoms with Gasteiger partial charge >= 0.3 is 5.97 Å². The van der Waals surface area contributed by atoms with Crippen LogP contribution < -0.4 is 0 Å². The number of aliphatic carboxylic acids is 1. The van der Waals surface area contributed by atoms with Crippen LogP contribution in [0.25, 0.3) is 28.1 Å². The van der Waals surface area contributed by atoms with Crippen LogP contribution in [0.1, 0.15) is 71.9 Å². The van der Waals surface area contributed by atoms with E-state index in [1.165, 1.54) is 0 Å². The van der Waals surface area contributed by atoms with Gasteiger partial charge in [-0.1, -0.05) is 6.58 Å². The average molecular weight is 672 g/mol. The summed E-state index contributed by atoms with van der Waals surface area (Å²) in [4.78, 5) is 22.0. The molecule has 0 unspecified atom stereocenters. The van der Waals surface area contributed by atoms with Crippen LogP contribution in [-0.4, -0.2) is 68.1 Å². The van der Waals surface area contributed by atoms with Gasteiger partial charge in [-0.05, 0) is 101 Å². The van der Waals surface area contributed by atoms with Gasteiger partial charge in [0.15, 0.2) is 11.9 Å². The number of carbonyl (C=O) groups is 1. The van der Waals surface area contributed by atoms with E-state index in [1.807, 2.05) is 60.7 Å². The molecule has 260 valence electrons. The van der Waals surface area contributed by atoms with E-state index in [1.54, 1.807) is 39.3 Å². The molecule has 2 saturated heterocycles. The molecule has 0 bridgehead atoms. The highest BCUT2D eigenvalue weighted by Crippen LogP contribution is 2.42. The van der Waals surface area contributed by atoms with Crippen molar-refractivity contribution < 1.29 is 28.5 Å². The summed E-state index contributed by atoms with van der Waals surface area (Å²) in [6.07, 6.45) is 11.2. The topological polar surface area (TPSA) is 113 Å². The third-order valence-electron chi connectivity index (χ3n) is 8.76. The second kappa shape index (κ2) is 15.3. The first-order valence-electron chi connectivity index (χ1n) is 16.6. The minimum atomic E-state index is -1.30. The molecule has 2 aliphatic rings. The maximum Gasteiger partial charge on any atom is 0.336 e. The molecule has 3 aromatic heterocycles. The number of carboxylic acids is 1. The quantitative estimate of drug-likeness (QED) is 0.171. The van der Waals surface area contributed by atoms with Crippen LogP contribution in [0.2, 0.25) is 0 Å². The zero-order valence-corrected chi connectivity index (χ0v) is 29.2. The standard InChI is InChI=1S/C38H46FN5O5/c1-8-40-36-31(30(20-34(37(45)46)49-38(4,5)6)25(3)24(2)29-10-9-15-48-35(29)21-39)19-33(43(36)7)26-11-14-41-32(18-26)27-22-42-44(23-27)28-12-16-47-17-13-28/h8,11,14,18-23,28,34H,3,9-10,12-13,15-17H2,1-2,4-7H3,(H,45,46)/t34-/m0/s1. The lowest BCUT2D eigenvalue weighted by Crippen LogP contribution is -2.32. The van der Waals surface area contributed by atoms with Crippen molar-refractivity contribution in [3.63, 3.8) is 0 Å². The Hall–Kier alpha value is -4.61. The maximum atomic E-state index is 13.9. The molecule has 0 radical (unpaired) electrons. The van der Waals surface area contributed by atoms with E-state index in [-0.39, 0.29) is 5.76 Å². The number of ether oxygens (including phenoxy) is 3. The van der Waals surface area contributed by atoms with Gasteiger partial charge in [0, 0.05) is 61.1 Å². The van der Waals surface area contributed by atoms with Crippen LogP contribution in [-0.2, 0) is 26.1 Å². The van der Waals surface area contributed by atoms with Gasteiger partial charge in [0.1, 0.15) is 12.1 Å². The second-order valence-corrected chi connectivity index (χ2v) is 13.3. The van der Waals surface area contributed by atoms with Crippen LogP contribution >= 0.6 is 0 Å². The van der Waals surface area contributed by atoms with Crippen molar-refractivity contribution in [2.24, 2.45) is 12.0 Å². The van der Waals surface area contributed by atoms with Crippen LogP contribution in [0, 0.1) is 0 Å². The highest BCUT2D eigenvalue weighted by Gasteiger charge is 2.28. The third-order valence-corrected chi connectivity index (χ3v) is 8.76. The van der Waals surface area contributed by atoms with Crippen LogP contribution in [0.3, 0.4) is 0 Å². The van der Waals surface area contributed by atoms with E-state index in [4.69, 9.17) is 19.2 Å². The zero-order valence-electron chi connectivity index (χ0n) is 29.2. The lowest BCUT2D eigenvalue weighted by molar-refractivity contribution is -0.154. The monoisotopic (exact) mass is 671 g/mol.